The molecule has 0 bridgehead atoms. The van der Waals surface area contributed by atoms with Gasteiger partial charge in [-0.25, -0.2) is 0 Å². The van der Waals surface area contributed by atoms with Gasteiger partial charge in [-0.3, -0.25) is 14.4 Å². The smallest absolute Gasteiger partial charge is 0.228 e. The first kappa shape index (κ1) is 21.8. The van der Waals surface area contributed by atoms with E-state index in [0.29, 0.717) is 32.5 Å². The maximum atomic E-state index is 13.0. The number of hydrogen-bond donors (Lipinski definition) is 1. The molecule has 4 rings (SSSR count). The second-order valence-corrected chi connectivity index (χ2v) is 9.58. The van der Waals surface area contributed by atoms with Crippen molar-refractivity contribution in [1.82, 2.24) is 4.90 Å². The Morgan fingerprint density at radius 1 is 0.968 bits per heavy atom. The van der Waals surface area contributed by atoms with E-state index in [1.807, 2.05) is 60.4 Å². The molecule has 1 atom stereocenters. The highest BCUT2D eigenvalue weighted by molar-refractivity contribution is 14.1. The van der Waals surface area contributed by atoms with Gasteiger partial charge in [-0.05, 0) is 78.8 Å². The first-order valence-electron chi connectivity index (χ1n) is 10.6. The summed E-state index contributed by atoms with van der Waals surface area (Å²) in [6.07, 6.45) is 1.54. The van der Waals surface area contributed by atoms with Gasteiger partial charge in [0.1, 0.15) is 0 Å². The molecule has 2 aliphatic heterocycles. The van der Waals surface area contributed by atoms with Crippen LogP contribution in [0.15, 0.2) is 48.5 Å². The number of likely N-dealkylation sites (tertiary alicyclic amines) is 1. The van der Waals surface area contributed by atoms with Gasteiger partial charge in [0.15, 0.2) is 0 Å². The van der Waals surface area contributed by atoms with Gasteiger partial charge in [-0.15, -0.1) is 0 Å². The lowest BCUT2D eigenvalue weighted by Crippen LogP contribution is -2.44. The molecule has 1 N–H and O–H groups in total. The average molecular weight is 531 g/mol. The van der Waals surface area contributed by atoms with Crippen molar-refractivity contribution >= 4 is 51.7 Å². The molecule has 2 heterocycles. The number of benzene rings is 2. The van der Waals surface area contributed by atoms with Gasteiger partial charge in [0.2, 0.25) is 17.7 Å². The summed E-state index contributed by atoms with van der Waals surface area (Å²) in [4.78, 5) is 41.6. The molecule has 0 saturated carbocycles. The molecule has 31 heavy (non-hydrogen) atoms. The number of carbonyl (C=O) groups excluding carboxylic acids is 3. The van der Waals surface area contributed by atoms with E-state index in [0.717, 1.165) is 20.5 Å². The lowest BCUT2D eigenvalue weighted by molar-refractivity contribution is -0.138. The number of amides is 3. The Hall–Kier alpha value is -2.42. The van der Waals surface area contributed by atoms with Crippen LogP contribution in [-0.2, 0) is 14.4 Å². The number of nitrogens with one attached hydrogen (secondary N) is 1. The van der Waals surface area contributed by atoms with E-state index in [-0.39, 0.29) is 36.0 Å². The molecular weight excluding hydrogens is 505 g/mol. The molecule has 2 saturated heterocycles. The number of anilines is 2. The van der Waals surface area contributed by atoms with E-state index in [4.69, 9.17) is 0 Å². The van der Waals surface area contributed by atoms with Crippen molar-refractivity contribution in [3.63, 3.8) is 0 Å². The molecule has 1 unspecified atom stereocenters. The van der Waals surface area contributed by atoms with Crippen LogP contribution in [0.5, 0.6) is 0 Å². The van der Waals surface area contributed by atoms with Crippen molar-refractivity contribution in [3.05, 3.63) is 57.7 Å². The molecular formula is C24H26IN3O3. The van der Waals surface area contributed by atoms with Crippen LogP contribution in [0.4, 0.5) is 11.4 Å². The lowest BCUT2D eigenvalue weighted by Gasteiger charge is -2.33. The third-order valence-electron chi connectivity index (χ3n) is 6.11. The summed E-state index contributed by atoms with van der Waals surface area (Å²) in [5.41, 5.74) is 2.78. The number of hydrogen-bond acceptors (Lipinski definition) is 3. The zero-order valence-electron chi connectivity index (χ0n) is 17.5. The van der Waals surface area contributed by atoms with Crippen molar-refractivity contribution in [3.8, 4) is 0 Å². The SMILES string of the molecule is Cc1ccc(N2CC(C(=O)N3CCC(C(=O)Nc4ccc(I)cc4)CC3)CC2=O)cc1. The minimum Gasteiger partial charge on any atom is -0.342 e. The first-order chi connectivity index (χ1) is 14.9. The molecule has 0 radical (unpaired) electrons. The summed E-state index contributed by atoms with van der Waals surface area (Å²) in [5, 5.41) is 2.97. The average Bonchev–Trinajstić information content (AvgIpc) is 3.17. The molecule has 2 aromatic carbocycles. The molecule has 162 valence electrons. The zero-order valence-corrected chi connectivity index (χ0v) is 19.7. The molecule has 0 spiro atoms. The van der Waals surface area contributed by atoms with Crippen molar-refractivity contribution in [2.45, 2.75) is 26.2 Å². The molecule has 0 aromatic heterocycles. The van der Waals surface area contributed by atoms with Crippen molar-refractivity contribution < 1.29 is 14.4 Å². The molecule has 2 fully saturated rings. The molecule has 0 aliphatic carbocycles. The van der Waals surface area contributed by atoms with Crippen LogP contribution < -0.4 is 10.2 Å². The monoisotopic (exact) mass is 531 g/mol. The van der Waals surface area contributed by atoms with E-state index < -0.39 is 0 Å². The van der Waals surface area contributed by atoms with Crippen LogP contribution in [0.2, 0.25) is 0 Å². The van der Waals surface area contributed by atoms with Crippen LogP contribution in [0.25, 0.3) is 0 Å². The van der Waals surface area contributed by atoms with E-state index in [9.17, 15) is 14.4 Å². The fourth-order valence-electron chi connectivity index (χ4n) is 4.25. The Bertz CT molecular complexity index is 967. The van der Waals surface area contributed by atoms with Crippen LogP contribution >= 0.6 is 22.6 Å². The van der Waals surface area contributed by atoms with Crippen LogP contribution in [-0.4, -0.2) is 42.3 Å². The van der Waals surface area contributed by atoms with Crippen LogP contribution in [0, 0.1) is 22.3 Å². The number of carbonyl (C=O) groups is 3. The Morgan fingerprint density at radius 2 is 1.61 bits per heavy atom. The van der Waals surface area contributed by atoms with Gasteiger partial charge in [0.25, 0.3) is 0 Å². The number of piperidine rings is 1. The summed E-state index contributed by atoms with van der Waals surface area (Å²) in [5.74, 6) is -0.382. The fourth-order valence-corrected chi connectivity index (χ4v) is 4.60. The van der Waals surface area contributed by atoms with Gasteiger partial charge in [-0.1, -0.05) is 17.7 Å². The number of rotatable bonds is 4. The van der Waals surface area contributed by atoms with Gasteiger partial charge in [0, 0.05) is 46.9 Å². The van der Waals surface area contributed by atoms with E-state index >= 15 is 0 Å². The van der Waals surface area contributed by atoms with E-state index in [1.165, 1.54) is 0 Å². The Kier molecular flexibility index (Phi) is 6.60. The normalized spacial score (nSPS) is 19.5. The summed E-state index contributed by atoms with van der Waals surface area (Å²) >= 11 is 2.23. The minimum absolute atomic E-state index is 0.00557. The molecule has 7 heteroatoms. The Balaban J connectivity index is 1.30. The number of nitrogens with zero attached hydrogens (tertiary/aromatic N) is 2. The Labute approximate surface area is 196 Å². The Morgan fingerprint density at radius 3 is 2.26 bits per heavy atom. The highest BCUT2D eigenvalue weighted by atomic mass is 127. The number of aryl methyl sites for hydroxylation is 1. The van der Waals surface area contributed by atoms with Crippen LogP contribution in [0.1, 0.15) is 24.8 Å². The largest absolute Gasteiger partial charge is 0.342 e. The molecule has 2 aliphatic rings. The second kappa shape index (κ2) is 9.38. The quantitative estimate of drug-likeness (QED) is 0.610. The summed E-state index contributed by atoms with van der Waals surface area (Å²) in [7, 11) is 0. The topological polar surface area (TPSA) is 69.7 Å². The van der Waals surface area contributed by atoms with Gasteiger partial charge in [0.05, 0.1) is 5.92 Å². The molecule has 6 nitrogen and oxygen atoms in total. The molecule has 3 amide bonds. The first-order valence-corrected chi connectivity index (χ1v) is 11.7. The third kappa shape index (κ3) is 5.08. The second-order valence-electron chi connectivity index (χ2n) is 8.34. The maximum absolute atomic E-state index is 13.0. The van der Waals surface area contributed by atoms with Gasteiger partial charge < -0.3 is 15.1 Å². The van der Waals surface area contributed by atoms with Crippen molar-refractivity contribution in [2.24, 2.45) is 11.8 Å². The van der Waals surface area contributed by atoms with Crippen LogP contribution in [0.3, 0.4) is 0 Å². The van der Waals surface area contributed by atoms with E-state index in [2.05, 4.69) is 27.9 Å². The van der Waals surface area contributed by atoms with Gasteiger partial charge >= 0.3 is 0 Å². The van der Waals surface area contributed by atoms with Crippen molar-refractivity contribution in [2.75, 3.05) is 29.9 Å². The fraction of sp³-hybridized carbons (Fsp3) is 0.375. The predicted molar refractivity (Wildman–Crippen MR) is 129 cm³/mol. The van der Waals surface area contributed by atoms with Crippen molar-refractivity contribution in [1.29, 1.82) is 0 Å². The highest BCUT2D eigenvalue weighted by Gasteiger charge is 2.38. The summed E-state index contributed by atoms with van der Waals surface area (Å²) in [6.45, 7) is 3.54. The maximum Gasteiger partial charge on any atom is 0.228 e. The minimum atomic E-state index is -0.314. The highest BCUT2D eigenvalue weighted by Crippen LogP contribution is 2.28. The van der Waals surface area contributed by atoms with E-state index in [1.54, 1.807) is 4.90 Å². The third-order valence-corrected chi connectivity index (χ3v) is 6.83. The standard InChI is InChI=1S/C24H26IN3O3/c1-16-2-8-21(9-3-16)28-15-18(14-22(28)29)24(31)27-12-10-17(11-13-27)23(30)26-20-6-4-19(25)5-7-20/h2-9,17-18H,10-15H2,1H3,(H,26,30). The molecule has 2 aromatic rings. The predicted octanol–water partition coefficient (Wildman–Crippen LogP) is 3.83. The lowest BCUT2D eigenvalue weighted by atomic mass is 9.94. The summed E-state index contributed by atoms with van der Waals surface area (Å²) in [6, 6.07) is 15.5. The summed E-state index contributed by atoms with van der Waals surface area (Å²) < 4.78 is 1.12. The zero-order chi connectivity index (χ0) is 22.0. The van der Waals surface area contributed by atoms with Gasteiger partial charge in [-0.2, -0.15) is 0 Å². The number of halogens is 1.